The molecule has 0 aliphatic rings. The maximum atomic E-state index is 11.9. The minimum absolute atomic E-state index is 0.0164. The van der Waals surface area contributed by atoms with Crippen LogP contribution in [0.3, 0.4) is 0 Å². The highest BCUT2D eigenvalue weighted by molar-refractivity contribution is 5.78. The second kappa shape index (κ2) is 7.79. The second-order valence-electron chi connectivity index (χ2n) is 4.96. The number of aliphatic hydroxyl groups is 1. The Bertz CT molecular complexity index is 387. The molecule has 0 saturated carbocycles. The van der Waals surface area contributed by atoms with Crippen LogP contribution in [0.15, 0.2) is 24.3 Å². The molecular weight excluding hydrogens is 242 g/mol. The van der Waals surface area contributed by atoms with Crippen LogP contribution < -0.4 is 10.1 Å². The molecule has 4 heteroatoms. The molecule has 0 spiro atoms. The Morgan fingerprint density at radius 3 is 2.42 bits per heavy atom. The molecule has 106 valence electrons. The lowest BCUT2D eigenvalue weighted by Crippen LogP contribution is -2.39. The summed E-state index contributed by atoms with van der Waals surface area (Å²) in [5, 5.41) is 11.9. The van der Waals surface area contributed by atoms with Crippen LogP contribution in [0.25, 0.3) is 0 Å². The van der Waals surface area contributed by atoms with Crippen molar-refractivity contribution in [2.45, 2.75) is 32.7 Å². The Labute approximate surface area is 114 Å². The van der Waals surface area contributed by atoms with Gasteiger partial charge in [0, 0.05) is 12.6 Å². The van der Waals surface area contributed by atoms with Crippen LogP contribution >= 0.6 is 0 Å². The molecule has 2 N–H and O–H groups in total. The molecule has 0 aromatic heterocycles. The second-order valence-corrected chi connectivity index (χ2v) is 4.96. The van der Waals surface area contributed by atoms with E-state index < -0.39 is 0 Å². The lowest BCUT2D eigenvalue weighted by molar-refractivity contribution is -0.121. The molecule has 19 heavy (non-hydrogen) atoms. The van der Waals surface area contributed by atoms with E-state index in [1.165, 1.54) is 0 Å². The van der Waals surface area contributed by atoms with Crippen molar-refractivity contribution in [3.63, 3.8) is 0 Å². The average molecular weight is 265 g/mol. The van der Waals surface area contributed by atoms with Crippen molar-refractivity contribution in [3.8, 4) is 5.75 Å². The van der Waals surface area contributed by atoms with Crippen LogP contribution in [0.4, 0.5) is 0 Å². The summed E-state index contributed by atoms with van der Waals surface area (Å²) in [6.07, 6.45) is 0.935. The minimum Gasteiger partial charge on any atom is -0.497 e. The van der Waals surface area contributed by atoms with Crippen molar-refractivity contribution in [3.05, 3.63) is 29.8 Å². The summed E-state index contributed by atoms with van der Waals surface area (Å²) in [6.45, 7) is 4.16. The molecule has 4 nitrogen and oxygen atoms in total. The summed E-state index contributed by atoms with van der Waals surface area (Å²) in [5.41, 5.74) is 0.949. The van der Waals surface area contributed by atoms with E-state index in [0.29, 0.717) is 18.8 Å². The fourth-order valence-corrected chi connectivity index (χ4v) is 1.90. The van der Waals surface area contributed by atoms with Gasteiger partial charge in [0.15, 0.2) is 0 Å². The third-order valence-corrected chi connectivity index (χ3v) is 3.11. The number of carbonyl (C=O) groups is 1. The molecule has 0 aliphatic carbocycles. The molecule has 1 amide bonds. The topological polar surface area (TPSA) is 58.6 Å². The van der Waals surface area contributed by atoms with E-state index in [-0.39, 0.29) is 18.6 Å². The highest BCUT2D eigenvalue weighted by atomic mass is 16.5. The highest BCUT2D eigenvalue weighted by Crippen LogP contribution is 2.12. The van der Waals surface area contributed by atoms with Gasteiger partial charge in [0.05, 0.1) is 13.5 Å². The van der Waals surface area contributed by atoms with E-state index in [9.17, 15) is 4.79 Å². The number of rotatable bonds is 7. The summed E-state index contributed by atoms with van der Waals surface area (Å²) < 4.78 is 5.07. The predicted octanol–water partition coefficient (Wildman–Crippen LogP) is 1.76. The Morgan fingerprint density at radius 1 is 1.32 bits per heavy atom. The van der Waals surface area contributed by atoms with Crippen molar-refractivity contribution < 1.29 is 14.6 Å². The van der Waals surface area contributed by atoms with Gasteiger partial charge in [-0.15, -0.1) is 0 Å². The van der Waals surface area contributed by atoms with Crippen molar-refractivity contribution in [2.24, 2.45) is 5.92 Å². The van der Waals surface area contributed by atoms with Crippen molar-refractivity contribution in [2.75, 3.05) is 13.7 Å². The minimum atomic E-state index is -0.0164. The Kier molecular flexibility index (Phi) is 6.36. The quantitative estimate of drug-likeness (QED) is 0.790. The number of hydrogen-bond donors (Lipinski definition) is 2. The standard InChI is InChI=1S/C15H23NO3/c1-11(2)14(8-9-17)16-15(18)10-12-4-6-13(19-3)7-5-12/h4-7,11,14,17H,8-10H2,1-3H3,(H,16,18). The molecule has 1 aromatic rings. The van der Waals surface area contributed by atoms with Gasteiger partial charge in [-0.3, -0.25) is 4.79 Å². The lowest BCUT2D eigenvalue weighted by atomic mass is 10.0. The van der Waals surface area contributed by atoms with Gasteiger partial charge in [0.1, 0.15) is 5.75 Å². The number of amides is 1. The molecule has 0 bridgehead atoms. The fourth-order valence-electron chi connectivity index (χ4n) is 1.90. The first kappa shape index (κ1) is 15.5. The summed E-state index contributed by atoms with van der Waals surface area (Å²) in [7, 11) is 1.61. The number of benzene rings is 1. The maximum Gasteiger partial charge on any atom is 0.224 e. The van der Waals surface area contributed by atoms with Crippen LogP contribution in [-0.2, 0) is 11.2 Å². The van der Waals surface area contributed by atoms with Gasteiger partial charge in [-0.1, -0.05) is 26.0 Å². The lowest BCUT2D eigenvalue weighted by Gasteiger charge is -2.21. The molecule has 0 aliphatic heterocycles. The maximum absolute atomic E-state index is 11.9. The van der Waals surface area contributed by atoms with E-state index in [2.05, 4.69) is 5.32 Å². The zero-order chi connectivity index (χ0) is 14.3. The number of ether oxygens (including phenoxy) is 1. The van der Waals surface area contributed by atoms with Gasteiger partial charge in [0.2, 0.25) is 5.91 Å². The number of nitrogens with one attached hydrogen (secondary N) is 1. The molecular formula is C15H23NO3. The Balaban J connectivity index is 2.53. The zero-order valence-electron chi connectivity index (χ0n) is 11.8. The normalized spacial score (nSPS) is 12.3. The van der Waals surface area contributed by atoms with Gasteiger partial charge < -0.3 is 15.2 Å². The van der Waals surface area contributed by atoms with Crippen molar-refractivity contribution >= 4 is 5.91 Å². The summed E-state index contributed by atoms with van der Waals surface area (Å²) >= 11 is 0. The highest BCUT2D eigenvalue weighted by Gasteiger charge is 2.15. The Morgan fingerprint density at radius 2 is 1.95 bits per heavy atom. The zero-order valence-corrected chi connectivity index (χ0v) is 11.8. The SMILES string of the molecule is COc1ccc(CC(=O)NC(CCO)C(C)C)cc1. The smallest absolute Gasteiger partial charge is 0.224 e. The first-order chi connectivity index (χ1) is 9.06. The molecule has 1 unspecified atom stereocenters. The molecule has 1 atom stereocenters. The molecule has 1 aromatic carbocycles. The Hall–Kier alpha value is -1.55. The van der Waals surface area contributed by atoms with Crippen LogP contribution in [0.2, 0.25) is 0 Å². The molecule has 0 saturated heterocycles. The monoisotopic (exact) mass is 265 g/mol. The predicted molar refractivity (Wildman–Crippen MR) is 75.2 cm³/mol. The van der Waals surface area contributed by atoms with Gasteiger partial charge >= 0.3 is 0 Å². The largest absolute Gasteiger partial charge is 0.497 e. The van der Waals surface area contributed by atoms with Gasteiger partial charge in [-0.25, -0.2) is 0 Å². The average Bonchev–Trinajstić information content (AvgIpc) is 2.39. The first-order valence-corrected chi connectivity index (χ1v) is 6.60. The fraction of sp³-hybridized carbons (Fsp3) is 0.533. The summed E-state index contributed by atoms with van der Waals surface area (Å²) in [6, 6.07) is 7.48. The number of carbonyl (C=O) groups excluding carboxylic acids is 1. The van der Waals surface area contributed by atoms with Crippen LogP contribution in [-0.4, -0.2) is 30.8 Å². The van der Waals surface area contributed by atoms with E-state index >= 15 is 0 Å². The van der Waals surface area contributed by atoms with Crippen LogP contribution in [0, 0.1) is 5.92 Å². The molecule has 1 rings (SSSR count). The van der Waals surface area contributed by atoms with E-state index in [1.807, 2.05) is 38.1 Å². The van der Waals surface area contributed by atoms with E-state index in [0.717, 1.165) is 11.3 Å². The van der Waals surface area contributed by atoms with Crippen molar-refractivity contribution in [1.82, 2.24) is 5.32 Å². The van der Waals surface area contributed by atoms with Gasteiger partial charge in [-0.2, -0.15) is 0 Å². The third-order valence-electron chi connectivity index (χ3n) is 3.11. The van der Waals surface area contributed by atoms with Gasteiger partial charge in [0.25, 0.3) is 0 Å². The first-order valence-electron chi connectivity index (χ1n) is 6.60. The molecule has 0 fully saturated rings. The van der Waals surface area contributed by atoms with E-state index in [4.69, 9.17) is 9.84 Å². The number of methoxy groups -OCH3 is 1. The molecule has 0 radical (unpaired) electrons. The molecule has 0 heterocycles. The number of aliphatic hydroxyl groups excluding tert-OH is 1. The summed E-state index contributed by atoms with van der Waals surface area (Å²) in [4.78, 5) is 11.9. The van der Waals surface area contributed by atoms with Crippen LogP contribution in [0.1, 0.15) is 25.8 Å². The van der Waals surface area contributed by atoms with Crippen LogP contribution in [0.5, 0.6) is 5.75 Å². The van der Waals surface area contributed by atoms with Crippen molar-refractivity contribution in [1.29, 1.82) is 0 Å². The van der Waals surface area contributed by atoms with Gasteiger partial charge in [-0.05, 0) is 30.0 Å². The summed E-state index contributed by atoms with van der Waals surface area (Å²) in [5.74, 6) is 1.08. The third kappa shape index (κ3) is 5.30. The van der Waals surface area contributed by atoms with E-state index in [1.54, 1.807) is 7.11 Å². The number of hydrogen-bond acceptors (Lipinski definition) is 3.